The van der Waals surface area contributed by atoms with E-state index in [0.717, 1.165) is 0 Å². The molecule has 2 N–H and O–H groups in total. The van der Waals surface area contributed by atoms with Crippen molar-refractivity contribution in [2.45, 2.75) is 6.10 Å². The predicted molar refractivity (Wildman–Crippen MR) is 80.1 cm³/mol. The lowest BCUT2D eigenvalue weighted by Gasteiger charge is -2.35. The Kier molecular flexibility index (Phi) is 4.02. The molecule has 1 unspecified atom stereocenters. The molecule has 1 aliphatic rings. The molecule has 6 heteroatoms. The minimum atomic E-state index is -0.531. The molecule has 0 radical (unpaired) electrons. The fraction of sp³-hybridized carbons (Fsp3) is 0.250. The number of morpholine rings is 1. The topological polar surface area (TPSA) is 68.5 Å². The molecule has 0 bridgehead atoms. The Balaban J connectivity index is 1.88. The molecule has 22 heavy (non-hydrogen) atoms. The van der Waals surface area contributed by atoms with Crippen LogP contribution in [0.3, 0.4) is 0 Å². The molecular weight excluding hydrogens is 285 g/mol. The molecular formula is C16H16FN3O2. The maximum absolute atomic E-state index is 13.9. The second-order valence-corrected chi connectivity index (χ2v) is 5.08. The summed E-state index contributed by atoms with van der Waals surface area (Å²) < 4.78 is 19.6. The van der Waals surface area contributed by atoms with Gasteiger partial charge in [-0.15, -0.1) is 0 Å². The lowest BCUT2D eigenvalue weighted by molar-refractivity contribution is 0.0374. The summed E-state index contributed by atoms with van der Waals surface area (Å²) in [6.45, 7) is 1.50. The predicted octanol–water partition coefficient (Wildman–Crippen LogP) is 1.90. The Bertz CT molecular complexity index is 693. The van der Waals surface area contributed by atoms with Gasteiger partial charge in [0, 0.05) is 31.0 Å². The number of aromatic nitrogens is 1. The molecule has 3 rings (SSSR count). The van der Waals surface area contributed by atoms with Gasteiger partial charge in [0.25, 0.3) is 5.91 Å². The number of carbonyl (C=O) groups is 1. The Morgan fingerprint density at radius 2 is 2.18 bits per heavy atom. The maximum Gasteiger partial charge on any atom is 0.252 e. The Morgan fingerprint density at radius 3 is 2.95 bits per heavy atom. The van der Waals surface area contributed by atoms with Crippen LogP contribution in [0.1, 0.15) is 22.0 Å². The van der Waals surface area contributed by atoms with Gasteiger partial charge < -0.3 is 15.4 Å². The van der Waals surface area contributed by atoms with Gasteiger partial charge in [0.2, 0.25) is 0 Å². The van der Waals surface area contributed by atoms with Crippen LogP contribution in [0.25, 0.3) is 0 Å². The van der Waals surface area contributed by atoms with E-state index in [9.17, 15) is 9.18 Å². The molecule has 1 atom stereocenters. The minimum absolute atomic E-state index is 0.292. The standard InChI is InChI=1S/C16H16FN3O2/c17-13-4-2-1-3-11(13)15-10-20(7-8-22-15)14-5-6-19-9-12(14)16(18)21/h1-6,9,15H,7-8,10H2,(H2,18,21). The molecule has 1 aliphatic heterocycles. The van der Waals surface area contributed by atoms with Crippen molar-refractivity contribution in [2.24, 2.45) is 5.73 Å². The maximum atomic E-state index is 13.9. The highest BCUT2D eigenvalue weighted by Gasteiger charge is 2.26. The quantitative estimate of drug-likeness (QED) is 0.940. The SMILES string of the molecule is NC(=O)c1cnccc1N1CCOC(c2ccccc2F)C1. The zero-order valence-electron chi connectivity index (χ0n) is 11.9. The summed E-state index contributed by atoms with van der Waals surface area (Å²) in [5.74, 6) is -0.823. The van der Waals surface area contributed by atoms with Crippen molar-refractivity contribution in [3.63, 3.8) is 0 Å². The molecule has 5 nitrogen and oxygen atoms in total. The highest BCUT2D eigenvalue weighted by atomic mass is 19.1. The average Bonchev–Trinajstić information content (AvgIpc) is 2.55. The van der Waals surface area contributed by atoms with Crippen molar-refractivity contribution in [1.29, 1.82) is 0 Å². The van der Waals surface area contributed by atoms with Gasteiger partial charge >= 0.3 is 0 Å². The first-order valence-corrected chi connectivity index (χ1v) is 7.01. The minimum Gasteiger partial charge on any atom is -0.370 e. The fourth-order valence-corrected chi connectivity index (χ4v) is 2.65. The number of anilines is 1. The van der Waals surface area contributed by atoms with Crippen LogP contribution in [0.2, 0.25) is 0 Å². The van der Waals surface area contributed by atoms with Crippen molar-refractivity contribution in [2.75, 3.05) is 24.6 Å². The Labute approximate surface area is 127 Å². The highest BCUT2D eigenvalue weighted by molar-refractivity contribution is 5.98. The number of halogens is 1. The van der Waals surface area contributed by atoms with Crippen molar-refractivity contribution < 1.29 is 13.9 Å². The number of rotatable bonds is 3. The number of primary amides is 1. The van der Waals surface area contributed by atoms with Crippen molar-refractivity contribution in [3.8, 4) is 0 Å². The summed E-state index contributed by atoms with van der Waals surface area (Å²) in [4.78, 5) is 17.4. The van der Waals surface area contributed by atoms with Crippen LogP contribution in [-0.2, 0) is 4.74 Å². The summed E-state index contributed by atoms with van der Waals surface area (Å²) in [7, 11) is 0. The van der Waals surface area contributed by atoms with E-state index in [4.69, 9.17) is 10.5 Å². The zero-order chi connectivity index (χ0) is 15.5. The number of nitrogens with two attached hydrogens (primary N) is 1. The van der Waals surface area contributed by atoms with Gasteiger partial charge in [0.1, 0.15) is 11.9 Å². The molecule has 0 saturated carbocycles. The summed E-state index contributed by atoms with van der Waals surface area (Å²) in [6, 6.07) is 8.29. The van der Waals surface area contributed by atoms with E-state index in [2.05, 4.69) is 4.98 Å². The Morgan fingerprint density at radius 1 is 1.36 bits per heavy atom. The van der Waals surface area contributed by atoms with Gasteiger partial charge in [-0.2, -0.15) is 0 Å². The van der Waals surface area contributed by atoms with E-state index in [1.54, 1.807) is 30.5 Å². The van der Waals surface area contributed by atoms with E-state index >= 15 is 0 Å². The van der Waals surface area contributed by atoms with Crippen LogP contribution >= 0.6 is 0 Å². The molecule has 0 spiro atoms. The lowest BCUT2D eigenvalue weighted by atomic mass is 10.1. The van der Waals surface area contributed by atoms with Gasteiger partial charge in [0.05, 0.1) is 17.9 Å². The third-order valence-electron chi connectivity index (χ3n) is 3.72. The van der Waals surface area contributed by atoms with Crippen LogP contribution in [0.5, 0.6) is 0 Å². The fourth-order valence-electron chi connectivity index (χ4n) is 2.65. The first-order chi connectivity index (χ1) is 10.7. The van der Waals surface area contributed by atoms with E-state index in [1.165, 1.54) is 12.3 Å². The lowest BCUT2D eigenvalue weighted by Crippen LogP contribution is -2.39. The number of hydrogen-bond acceptors (Lipinski definition) is 4. The summed E-state index contributed by atoms with van der Waals surface area (Å²) in [5, 5.41) is 0. The average molecular weight is 301 g/mol. The number of carbonyl (C=O) groups excluding carboxylic acids is 1. The molecule has 1 fully saturated rings. The van der Waals surface area contributed by atoms with Gasteiger partial charge in [-0.3, -0.25) is 9.78 Å². The molecule has 1 aromatic carbocycles. The first kappa shape index (κ1) is 14.5. The molecule has 2 aromatic rings. The normalized spacial score (nSPS) is 18.2. The first-order valence-electron chi connectivity index (χ1n) is 7.01. The van der Waals surface area contributed by atoms with E-state index in [-0.39, 0.29) is 11.9 Å². The third-order valence-corrected chi connectivity index (χ3v) is 3.72. The van der Waals surface area contributed by atoms with Gasteiger partial charge in [0.15, 0.2) is 0 Å². The molecule has 1 aromatic heterocycles. The summed E-state index contributed by atoms with van der Waals surface area (Å²) in [5.41, 5.74) is 6.97. The monoisotopic (exact) mass is 301 g/mol. The highest BCUT2D eigenvalue weighted by Crippen LogP contribution is 2.29. The van der Waals surface area contributed by atoms with Crippen LogP contribution in [0.15, 0.2) is 42.7 Å². The van der Waals surface area contributed by atoms with Crippen LogP contribution in [0, 0.1) is 5.82 Å². The van der Waals surface area contributed by atoms with Crippen molar-refractivity contribution in [3.05, 3.63) is 59.7 Å². The van der Waals surface area contributed by atoms with Gasteiger partial charge in [-0.05, 0) is 12.1 Å². The third kappa shape index (κ3) is 2.78. The molecule has 114 valence electrons. The van der Waals surface area contributed by atoms with Crippen LogP contribution < -0.4 is 10.6 Å². The summed E-state index contributed by atoms with van der Waals surface area (Å²) >= 11 is 0. The molecule has 1 amide bonds. The number of hydrogen-bond donors (Lipinski definition) is 1. The second kappa shape index (κ2) is 6.11. The van der Waals surface area contributed by atoms with E-state index in [1.807, 2.05) is 4.90 Å². The smallest absolute Gasteiger partial charge is 0.252 e. The van der Waals surface area contributed by atoms with Gasteiger partial charge in [-0.25, -0.2) is 4.39 Å². The second-order valence-electron chi connectivity index (χ2n) is 5.08. The molecule has 1 saturated heterocycles. The molecule has 0 aliphatic carbocycles. The van der Waals surface area contributed by atoms with E-state index < -0.39 is 5.91 Å². The van der Waals surface area contributed by atoms with Crippen LogP contribution in [-0.4, -0.2) is 30.6 Å². The van der Waals surface area contributed by atoms with Gasteiger partial charge in [-0.1, -0.05) is 18.2 Å². The number of ether oxygens (including phenoxy) is 1. The van der Waals surface area contributed by atoms with Crippen molar-refractivity contribution in [1.82, 2.24) is 4.98 Å². The number of benzene rings is 1. The number of nitrogens with zero attached hydrogens (tertiary/aromatic N) is 2. The van der Waals surface area contributed by atoms with E-state index in [0.29, 0.717) is 36.5 Å². The Hall–Kier alpha value is -2.47. The summed E-state index contributed by atoms with van der Waals surface area (Å²) in [6.07, 6.45) is 2.67. The zero-order valence-corrected chi connectivity index (χ0v) is 11.9. The van der Waals surface area contributed by atoms with Crippen LogP contribution in [0.4, 0.5) is 10.1 Å². The number of amides is 1. The largest absolute Gasteiger partial charge is 0.370 e. The van der Waals surface area contributed by atoms with Crippen molar-refractivity contribution >= 4 is 11.6 Å². The number of pyridine rings is 1. The molecule has 2 heterocycles.